The lowest BCUT2D eigenvalue weighted by atomic mass is 10.1. The highest BCUT2D eigenvalue weighted by atomic mass is 19.1. The van der Waals surface area contributed by atoms with Crippen LogP contribution in [0, 0.1) is 31.3 Å². The van der Waals surface area contributed by atoms with Crippen molar-refractivity contribution in [3.8, 4) is 5.69 Å². The fraction of sp³-hybridized carbons (Fsp3) is 0.100. The summed E-state index contributed by atoms with van der Waals surface area (Å²) in [6.45, 7) is 3.36. The summed E-state index contributed by atoms with van der Waals surface area (Å²) in [7, 11) is 0. The van der Waals surface area contributed by atoms with E-state index in [1.54, 1.807) is 16.7 Å². The van der Waals surface area contributed by atoms with Crippen LogP contribution in [0.3, 0.4) is 0 Å². The maximum Gasteiger partial charge on any atom is 0.139 e. The third-order valence-electron chi connectivity index (χ3n) is 4.41. The maximum absolute atomic E-state index is 14.8. The van der Waals surface area contributed by atoms with Gasteiger partial charge < -0.3 is 4.57 Å². The van der Waals surface area contributed by atoms with Gasteiger partial charge in [0.15, 0.2) is 0 Å². The highest BCUT2D eigenvalue weighted by molar-refractivity contribution is 6.10. The molecule has 1 heterocycles. The van der Waals surface area contributed by atoms with Crippen molar-refractivity contribution in [2.24, 2.45) is 0 Å². The fourth-order valence-corrected chi connectivity index (χ4v) is 3.18. The number of hydrogen-bond donors (Lipinski definition) is 0. The van der Waals surface area contributed by atoms with E-state index in [1.165, 1.54) is 25.1 Å². The molecule has 0 saturated carbocycles. The summed E-state index contributed by atoms with van der Waals surface area (Å²) in [4.78, 5) is 0. The second-order valence-electron chi connectivity index (χ2n) is 6.02. The Bertz CT molecular complexity index is 1090. The van der Waals surface area contributed by atoms with Crippen LogP contribution >= 0.6 is 0 Å². The number of hydrogen-bond acceptors (Lipinski definition) is 0. The molecular weight excluding hydrogens is 311 g/mol. The molecule has 0 saturated heterocycles. The predicted molar refractivity (Wildman–Crippen MR) is 90.1 cm³/mol. The van der Waals surface area contributed by atoms with Crippen LogP contribution in [0.1, 0.15) is 11.1 Å². The van der Waals surface area contributed by atoms with Gasteiger partial charge in [0, 0.05) is 22.0 Å². The van der Waals surface area contributed by atoms with Crippen molar-refractivity contribution in [3.05, 3.63) is 77.1 Å². The average Bonchev–Trinajstić information content (AvgIpc) is 2.86. The second-order valence-corrected chi connectivity index (χ2v) is 6.02. The molecule has 1 nitrogen and oxygen atoms in total. The molecule has 4 heteroatoms. The number of nitrogens with zero attached hydrogens (tertiary/aromatic N) is 1. The molecule has 3 aromatic carbocycles. The van der Waals surface area contributed by atoms with Crippen molar-refractivity contribution in [1.29, 1.82) is 0 Å². The Morgan fingerprint density at radius 2 is 1.50 bits per heavy atom. The van der Waals surface area contributed by atoms with E-state index in [0.717, 1.165) is 16.5 Å². The number of fused-ring (bicyclic) bond motifs is 3. The summed E-state index contributed by atoms with van der Waals surface area (Å²) in [6, 6.07) is 12.9. The van der Waals surface area contributed by atoms with E-state index in [1.807, 2.05) is 25.1 Å². The Balaban J connectivity index is 2.24. The van der Waals surface area contributed by atoms with E-state index in [-0.39, 0.29) is 11.4 Å². The van der Waals surface area contributed by atoms with Crippen molar-refractivity contribution in [1.82, 2.24) is 4.57 Å². The SMILES string of the molecule is Cc1ccc2c(c1)c1c(F)c(C)c(F)cc1n2-c1ccc(F)cc1. The summed E-state index contributed by atoms with van der Waals surface area (Å²) in [6.07, 6.45) is 0. The van der Waals surface area contributed by atoms with Gasteiger partial charge in [-0.2, -0.15) is 0 Å². The molecule has 0 N–H and O–H groups in total. The normalized spacial score (nSPS) is 11.5. The quantitative estimate of drug-likeness (QED) is 0.416. The highest BCUT2D eigenvalue weighted by Crippen LogP contribution is 2.36. The Hall–Kier alpha value is -2.75. The molecular formula is C20H14F3N. The monoisotopic (exact) mass is 325 g/mol. The van der Waals surface area contributed by atoms with Crippen LogP contribution in [0.15, 0.2) is 48.5 Å². The Labute approximate surface area is 136 Å². The molecule has 0 spiro atoms. The van der Waals surface area contributed by atoms with Crippen LogP contribution in [-0.2, 0) is 0 Å². The number of aromatic nitrogens is 1. The van der Waals surface area contributed by atoms with Gasteiger partial charge in [-0.05, 0) is 56.3 Å². The van der Waals surface area contributed by atoms with Gasteiger partial charge in [0.1, 0.15) is 17.5 Å². The van der Waals surface area contributed by atoms with Gasteiger partial charge in [-0.25, -0.2) is 13.2 Å². The molecule has 0 unspecified atom stereocenters. The van der Waals surface area contributed by atoms with Crippen molar-refractivity contribution in [2.45, 2.75) is 13.8 Å². The zero-order chi connectivity index (χ0) is 17.0. The minimum atomic E-state index is -0.595. The topological polar surface area (TPSA) is 4.93 Å². The molecule has 0 amide bonds. The first-order chi connectivity index (χ1) is 11.5. The third kappa shape index (κ3) is 2.03. The Morgan fingerprint density at radius 3 is 2.21 bits per heavy atom. The van der Waals surface area contributed by atoms with E-state index >= 15 is 0 Å². The lowest BCUT2D eigenvalue weighted by Crippen LogP contribution is -1.96. The van der Waals surface area contributed by atoms with Crippen molar-refractivity contribution < 1.29 is 13.2 Å². The molecule has 0 aliphatic heterocycles. The van der Waals surface area contributed by atoms with Gasteiger partial charge in [-0.15, -0.1) is 0 Å². The number of aryl methyl sites for hydroxylation is 1. The summed E-state index contributed by atoms with van der Waals surface area (Å²) < 4.78 is 44.0. The summed E-state index contributed by atoms with van der Waals surface area (Å²) in [5.74, 6) is -1.51. The minimum Gasteiger partial charge on any atom is -0.309 e. The van der Waals surface area contributed by atoms with Gasteiger partial charge in [-0.3, -0.25) is 0 Å². The van der Waals surface area contributed by atoms with Gasteiger partial charge >= 0.3 is 0 Å². The zero-order valence-corrected chi connectivity index (χ0v) is 13.2. The Morgan fingerprint density at radius 1 is 0.792 bits per heavy atom. The van der Waals surface area contributed by atoms with Crippen molar-refractivity contribution in [2.75, 3.05) is 0 Å². The lowest BCUT2D eigenvalue weighted by molar-refractivity contribution is 0.577. The van der Waals surface area contributed by atoms with Gasteiger partial charge in [0.25, 0.3) is 0 Å². The Kier molecular flexibility index (Phi) is 3.17. The fourth-order valence-electron chi connectivity index (χ4n) is 3.18. The molecule has 4 rings (SSSR count). The largest absolute Gasteiger partial charge is 0.309 e. The molecule has 1 aromatic heterocycles. The number of rotatable bonds is 1. The molecule has 120 valence electrons. The van der Waals surface area contributed by atoms with E-state index in [2.05, 4.69) is 0 Å². The van der Waals surface area contributed by atoms with E-state index in [4.69, 9.17) is 0 Å². The van der Waals surface area contributed by atoms with Crippen molar-refractivity contribution in [3.63, 3.8) is 0 Å². The first-order valence-corrected chi connectivity index (χ1v) is 7.62. The van der Waals surface area contributed by atoms with Crippen molar-refractivity contribution >= 4 is 21.8 Å². The number of benzene rings is 3. The van der Waals surface area contributed by atoms with Gasteiger partial charge in [0.2, 0.25) is 0 Å². The van der Waals surface area contributed by atoms with E-state index in [0.29, 0.717) is 16.6 Å². The lowest BCUT2D eigenvalue weighted by Gasteiger charge is -2.08. The van der Waals surface area contributed by atoms with E-state index < -0.39 is 11.6 Å². The van der Waals surface area contributed by atoms with Gasteiger partial charge in [0.05, 0.1) is 11.0 Å². The van der Waals surface area contributed by atoms with Crippen LogP contribution in [-0.4, -0.2) is 4.57 Å². The summed E-state index contributed by atoms with van der Waals surface area (Å²) in [5.41, 5.74) is 2.83. The molecule has 24 heavy (non-hydrogen) atoms. The van der Waals surface area contributed by atoms with Gasteiger partial charge in [-0.1, -0.05) is 11.6 Å². The standard InChI is InChI=1S/C20H14F3N/c1-11-3-8-17-15(9-11)19-18(10-16(22)12(2)20(19)23)24(17)14-6-4-13(21)5-7-14/h3-10H,1-2H3. The second kappa shape index (κ2) is 5.13. The molecule has 0 aliphatic rings. The third-order valence-corrected chi connectivity index (χ3v) is 4.41. The zero-order valence-electron chi connectivity index (χ0n) is 13.2. The molecule has 0 atom stereocenters. The molecule has 0 aliphatic carbocycles. The van der Waals surface area contributed by atoms with Crippen LogP contribution in [0.25, 0.3) is 27.5 Å². The molecule has 0 fully saturated rings. The minimum absolute atomic E-state index is 0.00200. The predicted octanol–water partition coefficient (Wildman–Crippen LogP) is 5.82. The molecule has 0 bridgehead atoms. The molecule has 0 radical (unpaired) electrons. The van der Waals surface area contributed by atoms with Crippen LogP contribution in [0.4, 0.5) is 13.2 Å². The summed E-state index contributed by atoms with van der Waals surface area (Å²) in [5, 5.41) is 1.10. The first kappa shape index (κ1) is 14.8. The van der Waals surface area contributed by atoms with Crippen LogP contribution < -0.4 is 0 Å². The maximum atomic E-state index is 14.8. The van der Waals surface area contributed by atoms with E-state index in [9.17, 15) is 13.2 Å². The number of halogens is 3. The van der Waals surface area contributed by atoms with Crippen LogP contribution in [0.5, 0.6) is 0 Å². The first-order valence-electron chi connectivity index (χ1n) is 7.62. The average molecular weight is 325 g/mol. The smallest absolute Gasteiger partial charge is 0.139 e. The van der Waals surface area contributed by atoms with Crippen LogP contribution in [0.2, 0.25) is 0 Å². The highest BCUT2D eigenvalue weighted by Gasteiger charge is 2.19. The summed E-state index contributed by atoms with van der Waals surface area (Å²) >= 11 is 0. The molecule has 4 aromatic rings.